The zero-order chi connectivity index (χ0) is 26.7. The lowest BCUT2D eigenvalue weighted by molar-refractivity contribution is -0.141. The number of benzene rings is 3. The molecule has 0 spiro atoms. The van der Waals surface area contributed by atoms with E-state index in [0.29, 0.717) is 12.2 Å². The second kappa shape index (κ2) is 13.4. The van der Waals surface area contributed by atoms with E-state index in [2.05, 4.69) is 33.0 Å². The number of hydrogen-bond acceptors (Lipinski definition) is 6. The summed E-state index contributed by atoms with van der Waals surface area (Å²) in [5.41, 5.74) is 4.24. The van der Waals surface area contributed by atoms with Crippen LogP contribution in [0, 0.1) is 6.92 Å². The van der Waals surface area contributed by atoms with Gasteiger partial charge in [0, 0.05) is 17.9 Å². The smallest absolute Gasteiger partial charge is 0.325 e. The van der Waals surface area contributed by atoms with Crippen LogP contribution in [0.5, 0.6) is 0 Å². The maximum atomic E-state index is 12.8. The topological polar surface area (TPSA) is 98.1 Å². The molecule has 0 aliphatic rings. The van der Waals surface area contributed by atoms with Gasteiger partial charge in [-0.3, -0.25) is 9.36 Å². The van der Waals surface area contributed by atoms with Crippen LogP contribution in [-0.2, 0) is 21.7 Å². The molecule has 1 unspecified atom stereocenters. The van der Waals surface area contributed by atoms with Gasteiger partial charge in [-0.1, -0.05) is 90.1 Å². The molecule has 1 heterocycles. The summed E-state index contributed by atoms with van der Waals surface area (Å²) < 4.78 is 6.91. The van der Waals surface area contributed by atoms with Crippen molar-refractivity contribution in [3.63, 3.8) is 0 Å². The molecule has 2 amide bonds. The quantitative estimate of drug-likeness (QED) is 0.209. The van der Waals surface area contributed by atoms with Crippen molar-refractivity contribution >= 4 is 23.8 Å². The van der Waals surface area contributed by atoms with E-state index < -0.39 is 18.0 Å². The fraction of sp³-hybridized carbons (Fsp3) is 0.241. The average Bonchev–Trinajstić information content (AvgIpc) is 3.36. The molecule has 4 rings (SSSR count). The van der Waals surface area contributed by atoms with E-state index in [1.807, 2.05) is 84.3 Å². The zero-order valence-corrected chi connectivity index (χ0v) is 22.3. The van der Waals surface area contributed by atoms with Crippen molar-refractivity contribution in [2.75, 3.05) is 13.2 Å². The van der Waals surface area contributed by atoms with Crippen LogP contribution in [0.2, 0.25) is 0 Å². The van der Waals surface area contributed by atoms with Gasteiger partial charge in [-0.25, -0.2) is 4.79 Å². The summed E-state index contributed by atoms with van der Waals surface area (Å²) >= 11 is 1.58. The first-order valence-corrected chi connectivity index (χ1v) is 13.4. The number of aromatic nitrogens is 3. The molecule has 2 N–H and O–H groups in total. The van der Waals surface area contributed by atoms with Crippen LogP contribution < -0.4 is 10.6 Å². The van der Waals surface area contributed by atoms with Gasteiger partial charge in [-0.2, -0.15) is 0 Å². The number of ether oxygens (including phenoxy) is 1. The Kier molecular flexibility index (Phi) is 9.53. The molecule has 1 aromatic heterocycles. The molecule has 0 saturated heterocycles. The minimum atomic E-state index is -0.514. The minimum absolute atomic E-state index is 0.222. The van der Waals surface area contributed by atoms with E-state index >= 15 is 0 Å². The number of esters is 1. The molecule has 1 atom stereocenters. The Labute approximate surface area is 226 Å². The summed E-state index contributed by atoms with van der Waals surface area (Å²) in [7, 11) is 0. The number of carbonyl (C=O) groups is 2. The fourth-order valence-electron chi connectivity index (χ4n) is 3.89. The van der Waals surface area contributed by atoms with Gasteiger partial charge < -0.3 is 15.4 Å². The Morgan fingerprint density at radius 2 is 1.58 bits per heavy atom. The minimum Gasteiger partial charge on any atom is -0.465 e. The molecule has 0 aliphatic heterocycles. The van der Waals surface area contributed by atoms with E-state index in [9.17, 15) is 9.59 Å². The Morgan fingerprint density at radius 1 is 0.921 bits per heavy atom. The predicted molar refractivity (Wildman–Crippen MR) is 148 cm³/mol. The van der Waals surface area contributed by atoms with Crippen LogP contribution in [0.3, 0.4) is 0 Å². The number of carbonyl (C=O) groups excluding carboxylic acids is 2. The van der Waals surface area contributed by atoms with Crippen molar-refractivity contribution in [3.05, 3.63) is 107 Å². The second-order valence-electron chi connectivity index (χ2n) is 8.66. The van der Waals surface area contributed by atoms with Crippen molar-refractivity contribution in [1.29, 1.82) is 0 Å². The lowest BCUT2D eigenvalue weighted by Gasteiger charge is -2.20. The number of nitrogens with one attached hydrogen (secondary N) is 2. The van der Waals surface area contributed by atoms with Gasteiger partial charge in [-0.05, 0) is 37.1 Å². The molecule has 3 aromatic carbocycles. The standard InChI is InChI=1S/C29H31N5O3S/c1-3-37-26(35)19-30-28(36)31-25(18-22-10-6-4-7-11-22)27-32-33-29(38-20-23-12-8-5-9-13-23)34(27)24-16-14-21(2)15-17-24/h4-17,25H,3,18-20H2,1-2H3,(H2,30,31,36). The number of hydrogen-bond donors (Lipinski definition) is 2. The molecule has 9 heteroatoms. The van der Waals surface area contributed by atoms with Crippen LogP contribution in [0.4, 0.5) is 4.79 Å². The van der Waals surface area contributed by atoms with Crippen molar-refractivity contribution in [2.24, 2.45) is 0 Å². The van der Waals surface area contributed by atoms with Crippen molar-refractivity contribution < 1.29 is 14.3 Å². The highest BCUT2D eigenvalue weighted by Crippen LogP contribution is 2.29. The molecular weight excluding hydrogens is 498 g/mol. The van der Waals surface area contributed by atoms with Gasteiger partial charge in [0.1, 0.15) is 6.54 Å². The normalized spacial score (nSPS) is 11.5. The second-order valence-corrected chi connectivity index (χ2v) is 9.60. The summed E-state index contributed by atoms with van der Waals surface area (Å²) in [5.74, 6) is 0.825. The number of nitrogens with zero attached hydrogens (tertiary/aromatic N) is 3. The lowest BCUT2D eigenvalue weighted by atomic mass is 10.1. The monoisotopic (exact) mass is 529 g/mol. The summed E-state index contributed by atoms with van der Waals surface area (Å²) in [6.07, 6.45) is 0.487. The first-order valence-electron chi connectivity index (χ1n) is 12.5. The van der Waals surface area contributed by atoms with Crippen LogP contribution in [0.25, 0.3) is 5.69 Å². The van der Waals surface area contributed by atoms with Gasteiger partial charge in [0.25, 0.3) is 0 Å². The largest absolute Gasteiger partial charge is 0.465 e. The molecule has 0 bridgehead atoms. The molecule has 0 radical (unpaired) electrons. The molecule has 8 nitrogen and oxygen atoms in total. The molecule has 4 aromatic rings. The molecular formula is C29H31N5O3S. The van der Waals surface area contributed by atoms with Crippen molar-refractivity contribution in [2.45, 2.75) is 37.2 Å². The summed E-state index contributed by atoms with van der Waals surface area (Å²) in [4.78, 5) is 24.6. The van der Waals surface area contributed by atoms with Crippen molar-refractivity contribution in [3.8, 4) is 5.69 Å². The molecule has 196 valence electrons. The SMILES string of the molecule is CCOC(=O)CNC(=O)NC(Cc1ccccc1)c1nnc(SCc2ccccc2)n1-c1ccc(C)cc1. The first-order chi connectivity index (χ1) is 18.5. The third-order valence-corrected chi connectivity index (χ3v) is 6.76. The predicted octanol–water partition coefficient (Wildman–Crippen LogP) is 5.01. The van der Waals surface area contributed by atoms with Gasteiger partial charge in [0.05, 0.1) is 12.6 Å². The van der Waals surface area contributed by atoms with Crippen LogP contribution in [0.15, 0.2) is 90.1 Å². The van der Waals surface area contributed by atoms with E-state index in [4.69, 9.17) is 4.74 Å². The average molecular weight is 530 g/mol. The summed E-state index contributed by atoms with van der Waals surface area (Å²) in [6, 6.07) is 27.2. The Bertz CT molecular complexity index is 1330. The number of aryl methyl sites for hydroxylation is 1. The zero-order valence-electron chi connectivity index (χ0n) is 21.5. The molecule has 38 heavy (non-hydrogen) atoms. The Hall–Kier alpha value is -4.11. The first kappa shape index (κ1) is 26.9. The number of rotatable bonds is 11. The summed E-state index contributed by atoms with van der Waals surface area (Å²) in [5, 5.41) is 15.4. The highest BCUT2D eigenvalue weighted by molar-refractivity contribution is 7.98. The van der Waals surface area contributed by atoms with E-state index in [1.165, 1.54) is 5.56 Å². The van der Waals surface area contributed by atoms with Gasteiger partial charge in [0.15, 0.2) is 11.0 Å². The lowest BCUT2D eigenvalue weighted by Crippen LogP contribution is -2.42. The highest BCUT2D eigenvalue weighted by atomic mass is 32.2. The molecule has 0 saturated carbocycles. The van der Waals surface area contributed by atoms with Crippen LogP contribution >= 0.6 is 11.8 Å². The van der Waals surface area contributed by atoms with Gasteiger partial charge >= 0.3 is 12.0 Å². The summed E-state index contributed by atoms with van der Waals surface area (Å²) in [6.45, 7) is 3.79. The van der Waals surface area contributed by atoms with E-state index in [-0.39, 0.29) is 13.2 Å². The van der Waals surface area contributed by atoms with Gasteiger partial charge in [0.2, 0.25) is 0 Å². The number of thioether (sulfide) groups is 1. The number of urea groups is 1. The van der Waals surface area contributed by atoms with Crippen LogP contribution in [0.1, 0.15) is 35.5 Å². The van der Waals surface area contributed by atoms with Crippen LogP contribution in [-0.4, -0.2) is 39.9 Å². The fourth-order valence-corrected chi connectivity index (χ4v) is 4.80. The van der Waals surface area contributed by atoms with E-state index in [0.717, 1.165) is 27.7 Å². The van der Waals surface area contributed by atoms with Gasteiger partial charge in [-0.15, -0.1) is 10.2 Å². The maximum absolute atomic E-state index is 12.8. The Morgan fingerprint density at radius 3 is 2.24 bits per heavy atom. The number of amides is 2. The molecule has 0 aliphatic carbocycles. The maximum Gasteiger partial charge on any atom is 0.325 e. The van der Waals surface area contributed by atoms with Crippen molar-refractivity contribution in [1.82, 2.24) is 25.4 Å². The third kappa shape index (κ3) is 7.45. The third-order valence-electron chi connectivity index (χ3n) is 5.76. The highest BCUT2D eigenvalue weighted by Gasteiger charge is 2.25. The van der Waals surface area contributed by atoms with E-state index in [1.54, 1.807) is 18.7 Å². The Balaban J connectivity index is 1.66. The molecule has 0 fully saturated rings.